The van der Waals surface area contributed by atoms with Gasteiger partial charge in [-0.05, 0) is 24.5 Å². The van der Waals surface area contributed by atoms with E-state index in [9.17, 15) is 30.0 Å². The number of aliphatic hydroxyl groups excluding tert-OH is 3. The van der Waals surface area contributed by atoms with E-state index in [1.165, 1.54) is 19.4 Å². The summed E-state index contributed by atoms with van der Waals surface area (Å²) >= 11 is 0. The first-order chi connectivity index (χ1) is 18.1. The van der Waals surface area contributed by atoms with Crippen LogP contribution in [0.4, 0.5) is 0 Å². The third-order valence-corrected chi connectivity index (χ3v) is 7.58. The fourth-order valence-electron chi connectivity index (χ4n) is 5.49. The highest BCUT2D eigenvalue weighted by Crippen LogP contribution is 2.40. The summed E-state index contributed by atoms with van der Waals surface area (Å²) in [6.45, 7) is 7.31. The van der Waals surface area contributed by atoms with Crippen LogP contribution < -0.4 is 10.6 Å². The Balaban J connectivity index is 1.61. The van der Waals surface area contributed by atoms with Crippen LogP contribution in [0.2, 0.25) is 0 Å². The molecule has 0 saturated carbocycles. The minimum Gasteiger partial charge on any atom is -0.483 e. The lowest BCUT2D eigenvalue weighted by Gasteiger charge is -2.50. The molecule has 1 saturated heterocycles. The number of carbonyl (C=O) groups is 2. The van der Waals surface area contributed by atoms with Gasteiger partial charge in [0.1, 0.15) is 24.6 Å². The number of aliphatic hydroxyl groups is 3. The highest BCUT2D eigenvalue weighted by atomic mass is 16.7. The first-order valence-electron chi connectivity index (χ1n) is 12.6. The van der Waals surface area contributed by atoms with Crippen LogP contribution in [0.3, 0.4) is 0 Å². The van der Waals surface area contributed by atoms with Crippen LogP contribution in [0.15, 0.2) is 30.4 Å². The quantitative estimate of drug-likeness (QED) is 0.220. The second-order valence-electron chi connectivity index (χ2n) is 10.2. The van der Waals surface area contributed by atoms with E-state index in [1.54, 1.807) is 12.2 Å². The van der Waals surface area contributed by atoms with Crippen LogP contribution in [0, 0.1) is 11.8 Å². The molecule has 4 rings (SSSR count). The van der Waals surface area contributed by atoms with Gasteiger partial charge in [-0.3, -0.25) is 4.79 Å². The average molecular weight is 534 g/mol. The topological polar surface area (TPSA) is 168 Å². The zero-order valence-electron chi connectivity index (χ0n) is 21.6. The molecule has 1 aliphatic carbocycles. The van der Waals surface area contributed by atoms with Crippen LogP contribution in [-0.2, 0) is 28.5 Å². The van der Waals surface area contributed by atoms with E-state index < -0.39 is 66.7 Å². The van der Waals surface area contributed by atoms with Gasteiger partial charge in [-0.15, -0.1) is 6.58 Å². The summed E-state index contributed by atoms with van der Waals surface area (Å²) in [6.07, 6.45) is -0.411. The number of H-pyrrole nitrogens is 1. The standard InChI is InChI=1S/C27H35NO10/c1-5-15-17(9-22(30)31)16(25(34)35-4)6-7-20(15)37-26-23(32)24(33)27(21(11-29)38-26)10-14-8-18(13(2)3)28-19(14)12-36-27/h5-6,8,10,12-13,15,17,20-21,23-24,26,28-29,32-33H,1,7,9,11H2,2-4H3,(H,30,31). The summed E-state index contributed by atoms with van der Waals surface area (Å²) < 4.78 is 22.8. The van der Waals surface area contributed by atoms with Gasteiger partial charge in [0.05, 0.1) is 31.6 Å². The summed E-state index contributed by atoms with van der Waals surface area (Å²) in [6, 6.07) is 1.92. The number of ether oxygens (including phenoxy) is 4. The number of esters is 1. The van der Waals surface area contributed by atoms with Gasteiger partial charge in [0.2, 0.25) is 0 Å². The molecule has 1 fully saturated rings. The first-order valence-corrected chi connectivity index (χ1v) is 12.6. The smallest absolute Gasteiger partial charge is 0.333 e. The number of carbonyl (C=O) groups excluding carboxylic acids is 1. The minimum atomic E-state index is -1.58. The predicted octanol–water partition coefficient (Wildman–Crippen LogP) is -0.354. The first kappa shape index (κ1) is 28.1. The van der Waals surface area contributed by atoms with Gasteiger partial charge in [-0.25, -0.2) is 4.79 Å². The maximum atomic E-state index is 12.3. The monoisotopic (exact) mass is 533 g/mol. The fraction of sp³-hybridized carbons (Fsp3) is 0.556. The molecule has 0 radical (unpaired) electrons. The lowest BCUT2D eigenvalue weighted by molar-refractivity contribution is -0.326. The van der Waals surface area contributed by atoms with Gasteiger partial charge in [-0.1, -0.05) is 26.0 Å². The van der Waals surface area contributed by atoms with Crippen LogP contribution >= 0.6 is 0 Å². The molecule has 8 atom stereocenters. The molecule has 38 heavy (non-hydrogen) atoms. The van der Waals surface area contributed by atoms with Crippen molar-refractivity contribution in [2.45, 2.75) is 68.9 Å². The van der Waals surface area contributed by atoms with Crippen molar-refractivity contribution in [1.29, 1.82) is 0 Å². The van der Waals surface area contributed by atoms with E-state index >= 15 is 0 Å². The number of nitrogens with one attached hydrogen (secondary N) is 1. The van der Waals surface area contributed by atoms with E-state index in [1.807, 2.05) is 19.9 Å². The average Bonchev–Trinajstić information content (AvgIpc) is 3.32. The number of aromatic nitrogens is 1. The second kappa shape index (κ2) is 11.0. The minimum absolute atomic E-state index is 0.177. The molecule has 5 N–H and O–H groups in total. The van der Waals surface area contributed by atoms with Crippen molar-refractivity contribution in [3.8, 4) is 0 Å². The number of aliphatic carboxylic acids is 1. The predicted molar refractivity (Wildman–Crippen MR) is 134 cm³/mol. The molecule has 0 bridgehead atoms. The molecule has 0 amide bonds. The molecule has 1 aromatic heterocycles. The van der Waals surface area contributed by atoms with E-state index in [-0.39, 0.29) is 24.3 Å². The summed E-state index contributed by atoms with van der Waals surface area (Å²) in [5, 5.41) is 43.4. The molecule has 8 unspecified atom stereocenters. The second-order valence-corrected chi connectivity index (χ2v) is 10.2. The summed E-state index contributed by atoms with van der Waals surface area (Å²) in [5.74, 6) is -2.96. The molecule has 208 valence electrons. The van der Waals surface area contributed by atoms with Crippen LogP contribution in [0.25, 0.3) is 12.3 Å². The Morgan fingerprint density at radius 1 is 1.34 bits per heavy atom. The third kappa shape index (κ3) is 4.92. The van der Waals surface area contributed by atoms with Gasteiger partial charge in [0.25, 0.3) is 0 Å². The number of methoxy groups -OCH3 is 1. The molecule has 11 heteroatoms. The molecule has 3 aliphatic rings. The fourth-order valence-corrected chi connectivity index (χ4v) is 5.49. The number of hydrogen-bond donors (Lipinski definition) is 5. The highest BCUT2D eigenvalue weighted by Gasteiger charge is 2.57. The number of rotatable bonds is 8. The lowest BCUT2D eigenvalue weighted by atomic mass is 9.74. The molecular weight excluding hydrogens is 498 g/mol. The third-order valence-electron chi connectivity index (χ3n) is 7.58. The Morgan fingerprint density at radius 3 is 2.68 bits per heavy atom. The highest BCUT2D eigenvalue weighted by molar-refractivity contribution is 5.90. The van der Waals surface area contributed by atoms with Crippen LogP contribution in [-0.4, -0.2) is 87.4 Å². The Bertz CT molecular complexity index is 1210. The van der Waals surface area contributed by atoms with Crippen molar-refractivity contribution in [2.75, 3.05) is 13.7 Å². The molecule has 0 aromatic carbocycles. The summed E-state index contributed by atoms with van der Waals surface area (Å²) in [4.78, 5) is 27.1. The van der Waals surface area contributed by atoms with E-state index in [0.29, 0.717) is 5.35 Å². The van der Waals surface area contributed by atoms with Gasteiger partial charge in [0.15, 0.2) is 11.9 Å². The van der Waals surface area contributed by atoms with Gasteiger partial charge < -0.3 is 44.4 Å². The van der Waals surface area contributed by atoms with E-state index in [0.717, 1.165) is 10.9 Å². The number of hydrogen-bond acceptors (Lipinski definition) is 9. The van der Waals surface area contributed by atoms with Gasteiger partial charge in [-0.2, -0.15) is 0 Å². The normalized spacial score (nSPS) is 34.4. The van der Waals surface area contributed by atoms with E-state index in [4.69, 9.17) is 18.9 Å². The summed E-state index contributed by atoms with van der Waals surface area (Å²) in [7, 11) is 1.22. The number of fused-ring (bicyclic) bond motifs is 1. The molecule has 1 spiro atoms. The van der Waals surface area contributed by atoms with Crippen molar-refractivity contribution in [3.05, 3.63) is 46.6 Å². The SMILES string of the molecule is C=CC1C(OC2OC(CO)C3(C=c4cc(C(C)C)[nH]c4=CO3)C(O)C2O)CC=C(C(=O)OC)C1CC(=O)O. The Morgan fingerprint density at radius 2 is 2.08 bits per heavy atom. The number of carboxylic acid groups (broad SMARTS) is 1. The Labute approximate surface area is 219 Å². The number of carboxylic acids is 1. The Kier molecular flexibility index (Phi) is 8.15. The maximum Gasteiger partial charge on any atom is 0.333 e. The summed E-state index contributed by atoms with van der Waals surface area (Å²) in [5.41, 5.74) is -0.411. The van der Waals surface area contributed by atoms with E-state index in [2.05, 4.69) is 11.6 Å². The molecule has 11 nitrogen and oxygen atoms in total. The zero-order valence-corrected chi connectivity index (χ0v) is 21.6. The van der Waals surface area contributed by atoms with Crippen molar-refractivity contribution < 1.29 is 49.0 Å². The van der Waals surface area contributed by atoms with Crippen molar-refractivity contribution in [3.63, 3.8) is 0 Å². The molecule has 1 aromatic rings. The van der Waals surface area contributed by atoms with Crippen molar-refractivity contribution in [1.82, 2.24) is 4.98 Å². The molecule has 3 heterocycles. The largest absolute Gasteiger partial charge is 0.483 e. The molecule has 2 aliphatic heterocycles. The van der Waals surface area contributed by atoms with Crippen molar-refractivity contribution >= 4 is 24.3 Å². The Hall–Kier alpha value is -2.96. The zero-order chi connectivity index (χ0) is 27.8. The lowest BCUT2D eigenvalue weighted by Crippen LogP contribution is -2.68. The molecular formula is C27H35NO10. The van der Waals surface area contributed by atoms with Gasteiger partial charge in [0, 0.05) is 28.3 Å². The maximum absolute atomic E-state index is 12.3. The van der Waals surface area contributed by atoms with Gasteiger partial charge >= 0.3 is 11.9 Å². The number of aromatic amines is 1. The van der Waals surface area contributed by atoms with Crippen LogP contribution in [0.1, 0.15) is 38.3 Å². The van der Waals surface area contributed by atoms with Crippen LogP contribution in [0.5, 0.6) is 0 Å². The van der Waals surface area contributed by atoms with Crippen molar-refractivity contribution in [2.24, 2.45) is 11.8 Å².